The molecular weight excluding hydrogens is 431 g/mol. The lowest BCUT2D eigenvalue weighted by Gasteiger charge is -2.12. The minimum Gasteiger partial charge on any atom is -0.497 e. The highest BCUT2D eigenvalue weighted by molar-refractivity contribution is 9.10. The van der Waals surface area contributed by atoms with Crippen molar-refractivity contribution >= 4 is 33.5 Å². The van der Waals surface area contributed by atoms with Crippen LogP contribution in [0.15, 0.2) is 53.1 Å². The van der Waals surface area contributed by atoms with Gasteiger partial charge in [-0.1, -0.05) is 18.2 Å². The van der Waals surface area contributed by atoms with Crippen LogP contribution in [0.25, 0.3) is 0 Å². The summed E-state index contributed by atoms with van der Waals surface area (Å²) in [4.78, 5) is 12.4. The summed E-state index contributed by atoms with van der Waals surface area (Å²) in [6, 6.07) is 11.0. The van der Waals surface area contributed by atoms with E-state index in [1.807, 2.05) is 0 Å². The molecule has 0 aliphatic rings. The maximum atomic E-state index is 13.8. The number of amides is 2. The molecule has 0 aliphatic carbocycles. The number of benzene rings is 2. The first-order chi connectivity index (χ1) is 13.5. The molecule has 0 spiro atoms. The first kappa shape index (κ1) is 19.7. The predicted molar refractivity (Wildman–Crippen MR) is 108 cm³/mol. The second kappa shape index (κ2) is 8.75. The summed E-state index contributed by atoms with van der Waals surface area (Å²) in [5, 5.41) is 9.62. The zero-order chi connectivity index (χ0) is 20.1. The quantitative estimate of drug-likeness (QED) is 0.581. The number of carbonyl (C=O) groups excluding carboxylic acids is 1. The van der Waals surface area contributed by atoms with E-state index < -0.39 is 6.03 Å². The largest absolute Gasteiger partial charge is 0.497 e. The number of ether oxygens (including phenoxy) is 2. The zero-order valence-electron chi connectivity index (χ0n) is 15.2. The number of urea groups is 1. The molecule has 2 amide bonds. The van der Waals surface area contributed by atoms with E-state index in [0.29, 0.717) is 33.0 Å². The second-order valence-corrected chi connectivity index (χ2v) is 6.61. The van der Waals surface area contributed by atoms with Crippen molar-refractivity contribution in [3.05, 3.63) is 64.5 Å². The molecule has 0 saturated heterocycles. The predicted octanol–water partition coefficient (Wildman–Crippen LogP) is 4.49. The third kappa shape index (κ3) is 4.61. The van der Waals surface area contributed by atoms with Crippen molar-refractivity contribution in [2.45, 2.75) is 6.54 Å². The second-order valence-electron chi connectivity index (χ2n) is 5.76. The molecule has 0 saturated carbocycles. The minimum absolute atomic E-state index is 0.234. The molecule has 2 aromatic carbocycles. The summed E-state index contributed by atoms with van der Waals surface area (Å²) in [5.41, 5.74) is 0.941. The van der Waals surface area contributed by atoms with Crippen LogP contribution in [0.4, 0.5) is 20.7 Å². The van der Waals surface area contributed by atoms with Gasteiger partial charge in [-0.2, -0.15) is 5.10 Å². The monoisotopic (exact) mass is 448 g/mol. The lowest BCUT2D eigenvalue weighted by Crippen LogP contribution is -2.20. The third-order valence-electron chi connectivity index (χ3n) is 3.89. The Hall–Kier alpha value is -3.07. The topological polar surface area (TPSA) is 77.4 Å². The van der Waals surface area contributed by atoms with Gasteiger partial charge in [-0.25, -0.2) is 9.18 Å². The maximum absolute atomic E-state index is 13.8. The van der Waals surface area contributed by atoms with E-state index in [1.165, 1.54) is 25.0 Å². The molecule has 0 aliphatic heterocycles. The molecule has 146 valence electrons. The average molecular weight is 449 g/mol. The summed E-state index contributed by atoms with van der Waals surface area (Å²) in [6.45, 7) is 0.234. The Balaban J connectivity index is 1.71. The van der Waals surface area contributed by atoms with Gasteiger partial charge in [-0.05, 0) is 34.1 Å². The summed E-state index contributed by atoms with van der Waals surface area (Å²) in [7, 11) is 3.04. The number of nitrogens with zero attached hydrogens (tertiary/aromatic N) is 2. The van der Waals surface area contributed by atoms with Gasteiger partial charge in [0.15, 0.2) is 5.82 Å². The molecule has 0 atom stereocenters. The molecule has 1 aromatic heterocycles. The van der Waals surface area contributed by atoms with Gasteiger partial charge in [-0.15, -0.1) is 0 Å². The number of rotatable bonds is 6. The van der Waals surface area contributed by atoms with Crippen LogP contribution in [-0.4, -0.2) is 30.0 Å². The van der Waals surface area contributed by atoms with Crippen LogP contribution in [0.2, 0.25) is 0 Å². The van der Waals surface area contributed by atoms with Crippen molar-refractivity contribution in [1.29, 1.82) is 0 Å². The number of hydrogen-bond donors (Lipinski definition) is 2. The fourth-order valence-electron chi connectivity index (χ4n) is 2.54. The SMILES string of the molecule is COc1ccc(OC)c(NC(=O)Nc2nn(Cc3ccccc3F)cc2Br)c1. The molecule has 7 nitrogen and oxygen atoms in total. The number of carbonyl (C=O) groups is 1. The Bertz CT molecular complexity index is 993. The van der Waals surface area contributed by atoms with Crippen molar-refractivity contribution in [3.63, 3.8) is 0 Å². The molecule has 0 fully saturated rings. The van der Waals surface area contributed by atoms with Crippen molar-refractivity contribution in [1.82, 2.24) is 9.78 Å². The number of halogens is 2. The van der Waals surface area contributed by atoms with E-state index in [2.05, 4.69) is 31.7 Å². The molecule has 1 heterocycles. The van der Waals surface area contributed by atoms with Crippen LogP contribution in [0, 0.1) is 5.82 Å². The van der Waals surface area contributed by atoms with E-state index in [0.717, 1.165) is 0 Å². The highest BCUT2D eigenvalue weighted by atomic mass is 79.9. The Labute approximate surface area is 169 Å². The van der Waals surface area contributed by atoms with E-state index >= 15 is 0 Å². The van der Waals surface area contributed by atoms with Gasteiger partial charge in [0.25, 0.3) is 0 Å². The summed E-state index contributed by atoms with van der Waals surface area (Å²) >= 11 is 3.35. The summed E-state index contributed by atoms with van der Waals surface area (Å²) in [6.07, 6.45) is 1.66. The van der Waals surface area contributed by atoms with Gasteiger partial charge in [0.05, 0.1) is 30.9 Å². The van der Waals surface area contributed by atoms with Crippen LogP contribution in [-0.2, 0) is 6.54 Å². The van der Waals surface area contributed by atoms with Crippen LogP contribution >= 0.6 is 15.9 Å². The molecule has 3 rings (SSSR count). The van der Waals surface area contributed by atoms with Gasteiger partial charge in [-0.3, -0.25) is 10.00 Å². The molecule has 0 bridgehead atoms. The van der Waals surface area contributed by atoms with E-state index in [-0.39, 0.29) is 12.4 Å². The first-order valence-electron chi connectivity index (χ1n) is 8.26. The third-order valence-corrected chi connectivity index (χ3v) is 4.47. The Kier molecular flexibility index (Phi) is 6.15. The van der Waals surface area contributed by atoms with Gasteiger partial charge in [0.2, 0.25) is 0 Å². The first-order valence-corrected chi connectivity index (χ1v) is 9.06. The zero-order valence-corrected chi connectivity index (χ0v) is 16.8. The van der Waals surface area contributed by atoms with E-state index in [9.17, 15) is 9.18 Å². The Morgan fingerprint density at radius 1 is 1.18 bits per heavy atom. The van der Waals surface area contributed by atoms with Crippen LogP contribution in [0.1, 0.15) is 5.56 Å². The maximum Gasteiger partial charge on any atom is 0.325 e. The van der Waals surface area contributed by atoms with E-state index in [1.54, 1.807) is 42.6 Å². The number of methoxy groups -OCH3 is 2. The van der Waals surface area contributed by atoms with Crippen LogP contribution in [0.5, 0.6) is 11.5 Å². The smallest absolute Gasteiger partial charge is 0.325 e. The molecule has 0 radical (unpaired) electrons. The van der Waals surface area contributed by atoms with E-state index in [4.69, 9.17) is 9.47 Å². The molecule has 0 unspecified atom stereocenters. The molecule has 9 heteroatoms. The van der Waals surface area contributed by atoms with Crippen LogP contribution in [0.3, 0.4) is 0 Å². The van der Waals surface area contributed by atoms with Crippen molar-refractivity contribution in [2.75, 3.05) is 24.9 Å². The molecule has 3 aromatic rings. The number of hydrogen-bond acceptors (Lipinski definition) is 4. The summed E-state index contributed by atoms with van der Waals surface area (Å²) in [5.74, 6) is 1.05. The Morgan fingerprint density at radius 3 is 2.68 bits per heavy atom. The van der Waals surface area contributed by atoms with Crippen molar-refractivity contribution in [3.8, 4) is 11.5 Å². The minimum atomic E-state index is -0.511. The number of anilines is 2. The molecule has 2 N–H and O–H groups in total. The van der Waals surface area contributed by atoms with Gasteiger partial charge in [0, 0.05) is 17.8 Å². The number of nitrogens with one attached hydrogen (secondary N) is 2. The lowest BCUT2D eigenvalue weighted by molar-refractivity contribution is 0.262. The van der Waals surface area contributed by atoms with Gasteiger partial charge < -0.3 is 14.8 Å². The normalized spacial score (nSPS) is 10.4. The molecule has 28 heavy (non-hydrogen) atoms. The number of aromatic nitrogens is 2. The van der Waals surface area contributed by atoms with Crippen molar-refractivity contribution in [2.24, 2.45) is 0 Å². The van der Waals surface area contributed by atoms with Gasteiger partial charge in [0.1, 0.15) is 17.3 Å². The highest BCUT2D eigenvalue weighted by Gasteiger charge is 2.14. The van der Waals surface area contributed by atoms with Crippen LogP contribution < -0.4 is 20.1 Å². The fourth-order valence-corrected chi connectivity index (χ4v) is 2.95. The molecular formula is C19H18BrFN4O3. The highest BCUT2D eigenvalue weighted by Crippen LogP contribution is 2.29. The average Bonchev–Trinajstić information content (AvgIpc) is 3.02. The Morgan fingerprint density at radius 2 is 1.96 bits per heavy atom. The summed E-state index contributed by atoms with van der Waals surface area (Å²) < 4.78 is 26.3. The fraction of sp³-hybridized carbons (Fsp3) is 0.158. The lowest BCUT2D eigenvalue weighted by atomic mass is 10.2. The van der Waals surface area contributed by atoms with Gasteiger partial charge >= 0.3 is 6.03 Å². The van der Waals surface area contributed by atoms with Crippen molar-refractivity contribution < 1.29 is 18.7 Å². The standard InChI is InChI=1S/C19H18BrFN4O3/c1-27-13-7-8-17(28-2)16(9-13)22-19(26)23-18-14(20)11-25(24-18)10-12-5-3-4-6-15(12)21/h3-9,11H,10H2,1-2H3,(H2,22,23,24,26).